The molecule has 5 nitrogen and oxygen atoms in total. The van der Waals surface area contributed by atoms with Crippen LogP contribution in [-0.4, -0.2) is 52.1 Å². The topological polar surface area (TPSA) is 75.6 Å². The highest BCUT2D eigenvalue weighted by Gasteiger charge is 2.29. The molecule has 0 fully saturated rings. The number of hydrogen-bond acceptors (Lipinski definition) is 4. The van der Waals surface area contributed by atoms with Crippen LogP contribution in [-0.2, 0) is 14.8 Å². The molecule has 14 heavy (non-hydrogen) atoms. The molecule has 0 aliphatic carbocycles. The third-order valence-corrected chi connectivity index (χ3v) is 2.63. The van der Waals surface area contributed by atoms with Crippen molar-refractivity contribution in [2.24, 2.45) is 0 Å². The Labute approximate surface area is 81.1 Å². The fourth-order valence-corrected chi connectivity index (χ4v) is 1.50. The zero-order valence-corrected chi connectivity index (χ0v) is 8.48. The number of rotatable bonds is 7. The van der Waals surface area contributed by atoms with E-state index >= 15 is 0 Å². The molecule has 0 saturated carbocycles. The summed E-state index contributed by atoms with van der Waals surface area (Å²) in [7, 11) is -2.45. The van der Waals surface area contributed by atoms with Crippen LogP contribution in [0.1, 0.15) is 0 Å². The number of aliphatic hydroxyl groups excluding tert-OH is 1. The molecule has 86 valence electrons. The Balaban J connectivity index is 4.00. The number of ether oxygens (including phenoxy) is 1. The van der Waals surface area contributed by atoms with Crippen molar-refractivity contribution in [3.8, 4) is 0 Å². The van der Waals surface area contributed by atoms with Crippen LogP contribution in [0.2, 0.25) is 0 Å². The summed E-state index contributed by atoms with van der Waals surface area (Å²) in [6.07, 6.45) is 0. The van der Waals surface area contributed by atoms with Gasteiger partial charge in [-0.2, -0.15) is 0 Å². The van der Waals surface area contributed by atoms with Crippen LogP contribution >= 0.6 is 0 Å². The van der Waals surface area contributed by atoms with E-state index in [2.05, 4.69) is 4.74 Å². The van der Waals surface area contributed by atoms with Crippen LogP contribution in [0.15, 0.2) is 0 Å². The average Bonchev–Trinajstić information content (AvgIpc) is 2.12. The predicted octanol–water partition coefficient (Wildman–Crippen LogP) is -0.820. The molecule has 0 aromatic rings. The van der Waals surface area contributed by atoms with E-state index in [0.29, 0.717) is 0 Å². The van der Waals surface area contributed by atoms with Crippen molar-refractivity contribution >= 4 is 10.0 Å². The van der Waals surface area contributed by atoms with Gasteiger partial charge in [-0.05, 0) is 0 Å². The summed E-state index contributed by atoms with van der Waals surface area (Å²) in [5.74, 6) is -3.81. The predicted molar refractivity (Wildman–Crippen MR) is 45.7 cm³/mol. The van der Waals surface area contributed by atoms with E-state index in [4.69, 9.17) is 5.11 Å². The Kier molecular flexibility index (Phi) is 5.42. The van der Waals surface area contributed by atoms with Crippen molar-refractivity contribution < 1.29 is 27.0 Å². The van der Waals surface area contributed by atoms with Crippen molar-refractivity contribution in [1.29, 1.82) is 0 Å². The quantitative estimate of drug-likeness (QED) is 0.602. The van der Waals surface area contributed by atoms with Gasteiger partial charge in [-0.3, -0.25) is 0 Å². The SMILES string of the molecule is COCCS(=O)(=O)NCC(F)(F)CO. The van der Waals surface area contributed by atoms with Crippen LogP contribution in [0.3, 0.4) is 0 Å². The first-order valence-corrected chi connectivity index (χ1v) is 5.43. The Morgan fingerprint density at radius 1 is 1.50 bits per heavy atom. The lowest BCUT2D eigenvalue weighted by Crippen LogP contribution is -2.40. The van der Waals surface area contributed by atoms with Gasteiger partial charge in [-0.1, -0.05) is 0 Å². The van der Waals surface area contributed by atoms with E-state index in [1.54, 1.807) is 4.72 Å². The van der Waals surface area contributed by atoms with Gasteiger partial charge in [0, 0.05) is 7.11 Å². The number of halogens is 2. The maximum absolute atomic E-state index is 12.4. The summed E-state index contributed by atoms with van der Waals surface area (Å²) in [6.45, 7) is -2.56. The van der Waals surface area contributed by atoms with Gasteiger partial charge in [-0.25, -0.2) is 21.9 Å². The van der Waals surface area contributed by atoms with Crippen molar-refractivity contribution in [3.05, 3.63) is 0 Å². The molecule has 0 spiro atoms. The van der Waals surface area contributed by atoms with Crippen LogP contribution in [0.4, 0.5) is 8.78 Å². The van der Waals surface area contributed by atoms with Crippen molar-refractivity contribution in [1.82, 2.24) is 4.72 Å². The first kappa shape index (κ1) is 13.7. The minimum Gasteiger partial charge on any atom is -0.390 e. The average molecular weight is 233 g/mol. The first-order valence-electron chi connectivity index (χ1n) is 3.78. The fourth-order valence-electron chi connectivity index (χ4n) is 0.537. The molecular weight excluding hydrogens is 220 g/mol. The molecule has 0 heterocycles. The monoisotopic (exact) mass is 233 g/mol. The van der Waals surface area contributed by atoms with E-state index in [-0.39, 0.29) is 12.4 Å². The molecule has 0 unspecified atom stereocenters. The maximum Gasteiger partial charge on any atom is 0.283 e. The Morgan fingerprint density at radius 2 is 2.07 bits per heavy atom. The summed E-state index contributed by atoms with van der Waals surface area (Å²) >= 11 is 0. The molecule has 2 N–H and O–H groups in total. The van der Waals surface area contributed by atoms with Gasteiger partial charge in [0.1, 0.15) is 6.61 Å². The smallest absolute Gasteiger partial charge is 0.283 e. The molecular formula is C6H13F2NO4S. The number of methoxy groups -OCH3 is 1. The lowest BCUT2D eigenvalue weighted by Gasteiger charge is -2.13. The number of sulfonamides is 1. The lowest BCUT2D eigenvalue weighted by molar-refractivity contribution is -0.0437. The highest BCUT2D eigenvalue weighted by molar-refractivity contribution is 7.89. The summed E-state index contributed by atoms with van der Waals surface area (Å²) in [4.78, 5) is 0. The number of alkyl halides is 2. The summed E-state index contributed by atoms with van der Waals surface area (Å²) < 4.78 is 52.8. The van der Waals surface area contributed by atoms with Crippen LogP contribution in [0.5, 0.6) is 0 Å². The summed E-state index contributed by atoms with van der Waals surface area (Å²) in [5.41, 5.74) is 0. The minimum absolute atomic E-state index is 0.0694. The molecule has 0 aromatic heterocycles. The molecule has 0 aromatic carbocycles. The van der Waals surface area contributed by atoms with Gasteiger partial charge in [0.05, 0.1) is 18.9 Å². The summed E-state index contributed by atoms with van der Waals surface area (Å²) in [6, 6.07) is 0. The van der Waals surface area contributed by atoms with E-state index < -0.39 is 29.1 Å². The molecule has 0 atom stereocenters. The molecule has 0 rings (SSSR count). The zero-order chi connectivity index (χ0) is 11.2. The van der Waals surface area contributed by atoms with E-state index in [0.717, 1.165) is 0 Å². The van der Waals surface area contributed by atoms with Gasteiger partial charge < -0.3 is 9.84 Å². The van der Waals surface area contributed by atoms with Crippen molar-refractivity contribution in [3.63, 3.8) is 0 Å². The lowest BCUT2D eigenvalue weighted by atomic mass is 10.4. The van der Waals surface area contributed by atoms with E-state index in [1.165, 1.54) is 7.11 Å². The van der Waals surface area contributed by atoms with Crippen LogP contribution in [0.25, 0.3) is 0 Å². The second-order valence-corrected chi connectivity index (χ2v) is 4.57. The highest BCUT2D eigenvalue weighted by Crippen LogP contribution is 2.10. The second-order valence-electron chi connectivity index (χ2n) is 2.65. The zero-order valence-electron chi connectivity index (χ0n) is 7.66. The Morgan fingerprint density at radius 3 is 2.50 bits per heavy atom. The standard InChI is InChI=1S/C6H13F2NO4S/c1-13-2-3-14(11,12)9-4-6(7,8)5-10/h9-10H,2-5H2,1H3. The van der Waals surface area contributed by atoms with Gasteiger partial charge in [0.15, 0.2) is 0 Å². The maximum atomic E-state index is 12.4. The van der Waals surface area contributed by atoms with E-state index in [9.17, 15) is 17.2 Å². The third-order valence-electron chi connectivity index (χ3n) is 1.34. The second kappa shape index (κ2) is 5.54. The normalized spacial score (nSPS) is 13.1. The number of nitrogens with one attached hydrogen (secondary N) is 1. The molecule has 0 amide bonds. The van der Waals surface area contributed by atoms with Crippen LogP contribution in [0, 0.1) is 0 Å². The molecule has 0 aliphatic rings. The first-order chi connectivity index (χ1) is 6.33. The molecule has 0 bridgehead atoms. The fraction of sp³-hybridized carbons (Fsp3) is 1.00. The molecule has 0 saturated heterocycles. The van der Waals surface area contributed by atoms with Gasteiger partial charge in [0.2, 0.25) is 10.0 Å². The Bertz CT molecular complexity index is 255. The summed E-state index contributed by atoms with van der Waals surface area (Å²) in [5, 5.41) is 8.16. The van der Waals surface area contributed by atoms with Gasteiger partial charge >= 0.3 is 0 Å². The van der Waals surface area contributed by atoms with Crippen LogP contribution < -0.4 is 4.72 Å². The van der Waals surface area contributed by atoms with Crippen molar-refractivity contribution in [2.75, 3.05) is 32.6 Å². The molecule has 0 radical (unpaired) electrons. The minimum atomic E-state index is -3.75. The Hall–Kier alpha value is -0.310. The molecule has 8 heteroatoms. The largest absolute Gasteiger partial charge is 0.390 e. The highest BCUT2D eigenvalue weighted by atomic mass is 32.2. The van der Waals surface area contributed by atoms with Crippen molar-refractivity contribution in [2.45, 2.75) is 5.92 Å². The number of hydrogen-bond donors (Lipinski definition) is 2. The molecule has 0 aliphatic heterocycles. The third kappa shape index (κ3) is 6.19. The number of aliphatic hydroxyl groups is 1. The van der Waals surface area contributed by atoms with E-state index in [1.807, 2.05) is 0 Å². The van der Waals surface area contributed by atoms with Gasteiger partial charge in [0.25, 0.3) is 5.92 Å². The van der Waals surface area contributed by atoms with Gasteiger partial charge in [-0.15, -0.1) is 0 Å².